The summed E-state index contributed by atoms with van der Waals surface area (Å²) in [5, 5.41) is 2.85. The first kappa shape index (κ1) is 17.5. The summed E-state index contributed by atoms with van der Waals surface area (Å²) in [6.45, 7) is 1.14. The molecule has 0 heterocycles. The van der Waals surface area contributed by atoms with Gasteiger partial charge in [-0.15, -0.1) is 0 Å². The third-order valence-corrected chi connectivity index (χ3v) is 4.08. The van der Waals surface area contributed by atoms with Crippen molar-refractivity contribution < 1.29 is 14.3 Å². The molecule has 23 heavy (non-hydrogen) atoms. The second-order valence-corrected chi connectivity index (χ2v) is 5.89. The van der Waals surface area contributed by atoms with Crippen LogP contribution >= 0.6 is 0 Å². The monoisotopic (exact) mass is 317 g/mol. The summed E-state index contributed by atoms with van der Waals surface area (Å²) in [5.74, 6) is 0.682. The van der Waals surface area contributed by atoms with Crippen molar-refractivity contribution in [3.63, 3.8) is 0 Å². The molecule has 126 valence electrons. The summed E-state index contributed by atoms with van der Waals surface area (Å²) in [6.07, 6.45) is 11.2. The van der Waals surface area contributed by atoms with Gasteiger partial charge in [-0.1, -0.05) is 37.8 Å². The molecule has 0 aromatic heterocycles. The molecule has 1 N–H and O–H groups in total. The molecule has 0 atom stereocenters. The Balaban J connectivity index is 1.65. The normalized spacial score (nSPS) is 16.2. The van der Waals surface area contributed by atoms with Crippen LogP contribution in [0, 0.1) is 0 Å². The smallest absolute Gasteiger partial charge is 0.244 e. The van der Waals surface area contributed by atoms with E-state index >= 15 is 0 Å². The zero-order valence-corrected chi connectivity index (χ0v) is 13.9. The molecule has 4 heteroatoms. The summed E-state index contributed by atoms with van der Waals surface area (Å²) >= 11 is 0. The Bertz CT molecular complexity index is 505. The van der Waals surface area contributed by atoms with Gasteiger partial charge in [0.2, 0.25) is 5.91 Å². The Kier molecular flexibility index (Phi) is 7.67. The van der Waals surface area contributed by atoms with Crippen LogP contribution in [0.1, 0.15) is 44.1 Å². The number of benzene rings is 1. The van der Waals surface area contributed by atoms with E-state index in [1.165, 1.54) is 25.7 Å². The molecule has 1 fully saturated rings. The number of hydrogen-bond donors (Lipinski definition) is 1. The Labute approximate surface area is 138 Å². The maximum Gasteiger partial charge on any atom is 0.244 e. The molecular weight excluding hydrogens is 290 g/mol. The molecule has 0 unspecified atom stereocenters. The third-order valence-electron chi connectivity index (χ3n) is 4.08. The van der Waals surface area contributed by atoms with Gasteiger partial charge in [-0.05, 0) is 36.6 Å². The molecule has 1 aliphatic rings. The molecule has 1 aromatic rings. The fourth-order valence-corrected chi connectivity index (χ4v) is 2.78. The van der Waals surface area contributed by atoms with Gasteiger partial charge in [0.05, 0.1) is 19.8 Å². The van der Waals surface area contributed by atoms with Crippen LogP contribution in [0.5, 0.6) is 5.75 Å². The lowest BCUT2D eigenvalue weighted by Crippen LogP contribution is -2.27. The second kappa shape index (κ2) is 10.1. The summed E-state index contributed by atoms with van der Waals surface area (Å²) in [6, 6.07) is 7.60. The zero-order chi connectivity index (χ0) is 16.3. The highest BCUT2D eigenvalue weighted by molar-refractivity contribution is 5.91. The lowest BCUT2D eigenvalue weighted by molar-refractivity contribution is -0.116. The number of carbonyl (C=O) groups is 1. The zero-order valence-electron chi connectivity index (χ0n) is 13.9. The maximum atomic E-state index is 11.8. The van der Waals surface area contributed by atoms with Crippen LogP contribution < -0.4 is 10.1 Å². The molecule has 2 rings (SSSR count). The van der Waals surface area contributed by atoms with Crippen molar-refractivity contribution in [3.05, 3.63) is 35.9 Å². The van der Waals surface area contributed by atoms with Gasteiger partial charge >= 0.3 is 0 Å². The Morgan fingerprint density at radius 2 is 2.04 bits per heavy atom. The van der Waals surface area contributed by atoms with Gasteiger partial charge in [0.25, 0.3) is 0 Å². The molecule has 1 saturated carbocycles. The van der Waals surface area contributed by atoms with Gasteiger partial charge in [0.1, 0.15) is 5.75 Å². The minimum atomic E-state index is -0.0997. The van der Waals surface area contributed by atoms with Crippen molar-refractivity contribution in [3.8, 4) is 5.75 Å². The van der Waals surface area contributed by atoms with E-state index in [0.29, 0.717) is 19.3 Å². The minimum absolute atomic E-state index is 0.0997. The number of nitrogens with one attached hydrogen (secondary N) is 1. The molecule has 0 bridgehead atoms. The van der Waals surface area contributed by atoms with Crippen molar-refractivity contribution in [1.82, 2.24) is 5.32 Å². The molecule has 1 amide bonds. The number of hydrogen-bond acceptors (Lipinski definition) is 3. The van der Waals surface area contributed by atoms with Crippen LogP contribution in [0.15, 0.2) is 30.3 Å². The van der Waals surface area contributed by atoms with Crippen molar-refractivity contribution in [1.29, 1.82) is 0 Å². The van der Waals surface area contributed by atoms with Crippen molar-refractivity contribution in [2.45, 2.75) is 44.6 Å². The number of amides is 1. The van der Waals surface area contributed by atoms with Gasteiger partial charge < -0.3 is 14.8 Å². The van der Waals surface area contributed by atoms with Gasteiger partial charge in [-0.3, -0.25) is 4.79 Å². The summed E-state index contributed by atoms with van der Waals surface area (Å²) < 4.78 is 11.0. The average Bonchev–Trinajstić information content (AvgIpc) is 2.86. The number of methoxy groups -OCH3 is 1. The molecule has 0 radical (unpaired) electrons. The van der Waals surface area contributed by atoms with Gasteiger partial charge in [0.15, 0.2) is 0 Å². The largest absolute Gasteiger partial charge is 0.497 e. The first-order valence-electron chi connectivity index (χ1n) is 8.49. The quantitative estimate of drug-likeness (QED) is 0.475. The van der Waals surface area contributed by atoms with E-state index in [1.54, 1.807) is 19.3 Å². The van der Waals surface area contributed by atoms with E-state index in [-0.39, 0.29) is 5.91 Å². The predicted molar refractivity (Wildman–Crippen MR) is 92.5 cm³/mol. The number of carbonyl (C=O) groups excluding carboxylic acids is 1. The summed E-state index contributed by atoms with van der Waals surface area (Å²) in [7, 11) is 1.63. The van der Waals surface area contributed by atoms with Gasteiger partial charge in [-0.2, -0.15) is 0 Å². The van der Waals surface area contributed by atoms with Crippen LogP contribution in [0.25, 0.3) is 6.08 Å². The summed E-state index contributed by atoms with van der Waals surface area (Å²) in [4.78, 5) is 11.8. The molecule has 0 saturated heterocycles. The topological polar surface area (TPSA) is 47.6 Å². The number of rotatable bonds is 7. The van der Waals surface area contributed by atoms with Crippen molar-refractivity contribution in [2.75, 3.05) is 20.3 Å². The standard InChI is InChI=1S/C19H27NO3/c1-22-18-10-6-7-16(15-18)11-12-19(21)20-13-14-23-17-8-4-2-3-5-9-17/h6-7,10-12,15,17H,2-5,8-9,13-14H2,1H3,(H,20,21)/b12-11+. The summed E-state index contributed by atoms with van der Waals surface area (Å²) in [5.41, 5.74) is 0.939. The van der Waals surface area contributed by atoms with Crippen LogP contribution in [0.2, 0.25) is 0 Å². The highest BCUT2D eigenvalue weighted by Crippen LogP contribution is 2.19. The van der Waals surface area contributed by atoms with Crippen LogP contribution in [0.3, 0.4) is 0 Å². The molecule has 1 aliphatic carbocycles. The lowest BCUT2D eigenvalue weighted by Gasteiger charge is -2.15. The SMILES string of the molecule is COc1cccc(/C=C/C(=O)NCCOC2CCCCCC2)c1. The van der Waals surface area contributed by atoms with E-state index in [2.05, 4.69) is 5.32 Å². The molecular formula is C19H27NO3. The van der Waals surface area contributed by atoms with Crippen LogP contribution in [0.4, 0.5) is 0 Å². The first-order valence-corrected chi connectivity index (χ1v) is 8.49. The lowest BCUT2D eigenvalue weighted by atomic mass is 10.1. The predicted octanol–water partition coefficient (Wildman–Crippen LogP) is 3.56. The Morgan fingerprint density at radius 3 is 2.78 bits per heavy atom. The second-order valence-electron chi connectivity index (χ2n) is 5.89. The maximum absolute atomic E-state index is 11.8. The highest BCUT2D eigenvalue weighted by Gasteiger charge is 2.11. The van der Waals surface area contributed by atoms with E-state index in [0.717, 1.165) is 24.2 Å². The van der Waals surface area contributed by atoms with E-state index in [1.807, 2.05) is 24.3 Å². The van der Waals surface area contributed by atoms with E-state index in [4.69, 9.17) is 9.47 Å². The average molecular weight is 317 g/mol. The van der Waals surface area contributed by atoms with Crippen molar-refractivity contribution >= 4 is 12.0 Å². The fourth-order valence-electron chi connectivity index (χ4n) is 2.78. The van der Waals surface area contributed by atoms with E-state index in [9.17, 15) is 4.79 Å². The first-order chi connectivity index (χ1) is 11.3. The fraction of sp³-hybridized carbons (Fsp3) is 0.526. The molecule has 1 aromatic carbocycles. The van der Waals surface area contributed by atoms with Crippen LogP contribution in [-0.2, 0) is 9.53 Å². The molecule has 0 spiro atoms. The van der Waals surface area contributed by atoms with Crippen LogP contribution in [-0.4, -0.2) is 32.3 Å². The highest BCUT2D eigenvalue weighted by atomic mass is 16.5. The molecule has 0 aliphatic heterocycles. The van der Waals surface area contributed by atoms with Gasteiger partial charge in [0, 0.05) is 12.6 Å². The van der Waals surface area contributed by atoms with E-state index < -0.39 is 0 Å². The number of ether oxygens (including phenoxy) is 2. The minimum Gasteiger partial charge on any atom is -0.497 e. The Morgan fingerprint density at radius 1 is 1.26 bits per heavy atom. The van der Waals surface area contributed by atoms with Gasteiger partial charge in [-0.25, -0.2) is 0 Å². The molecule has 4 nitrogen and oxygen atoms in total. The third kappa shape index (κ3) is 6.87. The van der Waals surface area contributed by atoms with Crippen molar-refractivity contribution in [2.24, 2.45) is 0 Å². The Hall–Kier alpha value is -1.81.